The Morgan fingerprint density at radius 3 is 1.64 bits per heavy atom. The van der Waals surface area contributed by atoms with Crippen molar-refractivity contribution in [2.75, 3.05) is 0 Å². The molecule has 0 aromatic heterocycles. The molecule has 2 aromatic rings. The Morgan fingerprint density at radius 2 is 1.24 bits per heavy atom. The van der Waals surface area contributed by atoms with Crippen LogP contribution in [-0.4, -0.2) is 9.85 Å². The van der Waals surface area contributed by atoms with Gasteiger partial charge in [-0.2, -0.15) is 0 Å². The van der Waals surface area contributed by atoms with Crippen LogP contribution in [-0.2, 0) is 0 Å². The lowest BCUT2D eigenvalue weighted by Crippen LogP contribution is -2.03. The first-order chi connectivity index (χ1) is 11.6. The molecule has 0 saturated carbocycles. The summed E-state index contributed by atoms with van der Waals surface area (Å²) in [6.45, 7) is 0. The van der Waals surface area contributed by atoms with Crippen LogP contribution in [0.4, 0.5) is 28.9 Å². The van der Waals surface area contributed by atoms with Gasteiger partial charge >= 0.3 is 0 Å². The van der Waals surface area contributed by atoms with Crippen molar-refractivity contribution in [3.63, 3.8) is 0 Å². The molecule has 0 aliphatic carbocycles. The van der Waals surface area contributed by atoms with Crippen LogP contribution in [0.1, 0.15) is 11.1 Å². The molecule has 2 rings (SSSR count). The molecule has 25 heavy (non-hydrogen) atoms. The standard InChI is InChI=1S/C14H3F4IN2O4/c15-10-9(11(16)13(18)14(19)12(10)17)2-1-6-3-7(20(22)23)5-8(4-6)21(24)25/h3-5H. The van der Waals surface area contributed by atoms with E-state index in [1.165, 1.54) is 0 Å². The fourth-order valence-electron chi connectivity index (χ4n) is 1.73. The molecular formula is C14H3F4IN2O4. The van der Waals surface area contributed by atoms with Gasteiger partial charge in [-0.3, -0.25) is 20.2 Å². The van der Waals surface area contributed by atoms with E-state index in [4.69, 9.17) is 0 Å². The lowest BCUT2D eigenvalue weighted by Gasteiger charge is -2.03. The summed E-state index contributed by atoms with van der Waals surface area (Å²) in [6, 6.07) is 2.29. The summed E-state index contributed by atoms with van der Waals surface area (Å²) in [6.07, 6.45) is 0. The van der Waals surface area contributed by atoms with Crippen molar-refractivity contribution >= 4 is 34.0 Å². The molecule has 0 amide bonds. The Kier molecular flexibility index (Phi) is 5.21. The number of benzene rings is 2. The summed E-state index contributed by atoms with van der Waals surface area (Å²) in [5.41, 5.74) is -2.93. The molecule has 128 valence electrons. The fourth-order valence-corrected chi connectivity index (χ4v) is 2.20. The third-order valence-electron chi connectivity index (χ3n) is 2.87. The molecule has 2 aromatic carbocycles. The average molecular weight is 466 g/mol. The van der Waals surface area contributed by atoms with Crippen LogP contribution in [0.5, 0.6) is 0 Å². The first-order valence-corrected chi connectivity index (χ1v) is 7.18. The highest BCUT2D eigenvalue weighted by Crippen LogP contribution is 2.25. The van der Waals surface area contributed by atoms with Gasteiger partial charge in [-0.05, 0) is 22.6 Å². The Labute approximate surface area is 149 Å². The predicted molar refractivity (Wildman–Crippen MR) is 84.7 cm³/mol. The highest BCUT2D eigenvalue weighted by atomic mass is 127. The van der Waals surface area contributed by atoms with Crippen LogP contribution in [0.3, 0.4) is 0 Å². The van der Waals surface area contributed by atoms with Crippen molar-refractivity contribution in [1.82, 2.24) is 0 Å². The van der Waals surface area contributed by atoms with Gasteiger partial charge < -0.3 is 0 Å². The van der Waals surface area contributed by atoms with Crippen LogP contribution in [0, 0.1) is 58.9 Å². The quantitative estimate of drug-likeness (QED) is 0.127. The molecule has 0 aliphatic rings. The number of non-ortho nitro benzene ring substituents is 2. The smallest absolute Gasteiger partial charge is 0.258 e. The van der Waals surface area contributed by atoms with Crippen molar-refractivity contribution in [2.45, 2.75) is 0 Å². The first kappa shape index (κ1) is 18.6. The second kappa shape index (κ2) is 7.01. The number of hydrogen-bond donors (Lipinski definition) is 0. The lowest BCUT2D eigenvalue weighted by atomic mass is 10.1. The number of nitro benzene ring substituents is 2. The zero-order valence-electron chi connectivity index (χ0n) is 11.6. The monoisotopic (exact) mass is 466 g/mol. The Morgan fingerprint density at radius 1 is 0.800 bits per heavy atom. The van der Waals surface area contributed by atoms with E-state index in [9.17, 15) is 37.8 Å². The minimum absolute atomic E-state index is 0.334. The van der Waals surface area contributed by atoms with Crippen molar-refractivity contribution in [1.29, 1.82) is 0 Å². The van der Waals surface area contributed by atoms with Crippen LogP contribution in [0.15, 0.2) is 18.2 Å². The topological polar surface area (TPSA) is 86.3 Å². The lowest BCUT2D eigenvalue weighted by molar-refractivity contribution is -0.394. The van der Waals surface area contributed by atoms with Gasteiger partial charge in [0.1, 0.15) is 5.56 Å². The predicted octanol–water partition coefficient (Wildman–Crippen LogP) is 4.06. The van der Waals surface area contributed by atoms with Gasteiger partial charge in [0.05, 0.1) is 19.5 Å². The molecule has 0 bridgehead atoms. The molecule has 6 nitrogen and oxygen atoms in total. The molecule has 0 fully saturated rings. The minimum atomic E-state index is -1.74. The normalized spacial score (nSPS) is 10.1. The van der Waals surface area contributed by atoms with Crippen LogP contribution in [0.25, 0.3) is 0 Å². The summed E-state index contributed by atoms with van der Waals surface area (Å²) in [5, 5.41) is 21.5. The second-order valence-electron chi connectivity index (χ2n) is 4.45. The second-order valence-corrected chi connectivity index (χ2v) is 5.53. The molecule has 0 aliphatic heterocycles. The SMILES string of the molecule is O=[N+]([O-])c1cc(C#Cc2c(F)c(F)c(I)c(F)c2F)cc([N+](=O)[O-])c1. The Bertz CT molecular complexity index is 924. The van der Waals surface area contributed by atoms with Gasteiger partial charge in [0.25, 0.3) is 11.4 Å². The fraction of sp³-hybridized carbons (Fsp3) is 0. The van der Waals surface area contributed by atoms with Gasteiger partial charge in [0.2, 0.25) is 0 Å². The highest BCUT2D eigenvalue weighted by Gasteiger charge is 2.23. The molecule has 11 heteroatoms. The van der Waals surface area contributed by atoms with Gasteiger partial charge in [-0.15, -0.1) is 0 Å². The summed E-state index contributed by atoms with van der Waals surface area (Å²) in [4.78, 5) is 19.6. The van der Waals surface area contributed by atoms with Crippen LogP contribution >= 0.6 is 22.6 Å². The van der Waals surface area contributed by atoms with Crippen molar-refractivity contribution in [2.24, 2.45) is 0 Å². The highest BCUT2D eigenvalue weighted by molar-refractivity contribution is 14.1. The van der Waals surface area contributed by atoms with E-state index in [0.29, 0.717) is 6.07 Å². The Balaban J connectivity index is 2.64. The van der Waals surface area contributed by atoms with E-state index in [2.05, 4.69) is 0 Å². The molecular weight excluding hydrogens is 463 g/mol. The maximum atomic E-state index is 13.7. The molecule has 0 spiro atoms. The van der Waals surface area contributed by atoms with Crippen LogP contribution < -0.4 is 0 Å². The molecule has 0 saturated heterocycles. The summed E-state index contributed by atoms with van der Waals surface area (Å²) < 4.78 is 53.5. The molecule has 0 atom stereocenters. The average Bonchev–Trinajstić information content (AvgIpc) is 2.57. The van der Waals surface area contributed by atoms with E-state index < -0.39 is 53.6 Å². The van der Waals surface area contributed by atoms with Gasteiger partial charge in [0, 0.05) is 17.7 Å². The number of hydrogen-bond acceptors (Lipinski definition) is 4. The van der Waals surface area contributed by atoms with E-state index >= 15 is 0 Å². The zero-order chi connectivity index (χ0) is 18.9. The van der Waals surface area contributed by atoms with E-state index in [1.54, 1.807) is 0 Å². The summed E-state index contributed by atoms with van der Waals surface area (Å²) in [7, 11) is 0. The van der Waals surface area contributed by atoms with Gasteiger partial charge in [0.15, 0.2) is 23.3 Å². The first-order valence-electron chi connectivity index (χ1n) is 6.10. The van der Waals surface area contributed by atoms with Gasteiger partial charge in [-0.1, -0.05) is 11.8 Å². The number of rotatable bonds is 2. The van der Waals surface area contributed by atoms with Crippen LogP contribution in [0.2, 0.25) is 0 Å². The number of halogens is 5. The maximum absolute atomic E-state index is 13.7. The maximum Gasteiger partial charge on any atom is 0.277 e. The summed E-state index contributed by atoms with van der Waals surface area (Å²) in [5.74, 6) is -2.93. The van der Waals surface area contributed by atoms with E-state index in [-0.39, 0.29) is 5.56 Å². The van der Waals surface area contributed by atoms with Crippen molar-refractivity contribution in [3.8, 4) is 11.8 Å². The zero-order valence-corrected chi connectivity index (χ0v) is 13.8. The Hall–Kier alpha value is -2.75. The van der Waals surface area contributed by atoms with Crippen molar-refractivity contribution in [3.05, 3.63) is 76.4 Å². The third-order valence-corrected chi connectivity index (χ3v) is 3.81. The van der Waals surface area contributed by atoms with Crippen molar-refractivity contribution < 1.29 is 27.4 Å². The van der Waals surface area contributed by atoms with E-state index in [1.807, 2.05) is 11.8 Å². The largest absolute Gasteiger partial charge is 0.277 e. The minimum Gasteiger partial charge on any atom is -0.258 e. The molecule has 0 N–H and O–H groups in total. The third kappa shape index (κ3) is 3.68. The van der Waals surface area contributed by atoms with E-state index in [0.717, 1.165) is 34.7 Å². The molecule has 0 radical (unpaired) electrons. The van der Waals surface area contributed by atoms with Gasteiger partial charge in [-0.25, -0.2) is 17.6 Å². The molecule has 0 unspecified atom stereocenters. The summed E-state index contributed by atoms with van der Waals surface area (Å²) >= 11 is 1.07. The number of nitro groups is 2. The number of nitrogens with zero attached hydrogens (tertiary/aromatic N) is 2. The molecule has 0 heterocycles.